The van der Waals surface area contributed by atoms with Gasteiger partial charge in [0.05, 0.1) is 18.1 Å². The summed E-state index contributed by atoms with van der Waals surface area (Å²) in [5.41, 5.74) is 2.36. The molecule has 0 saturated carbocycles. The number of carbonyl (C=O) groups is 1. The maximum Gasteiger partial charge on any atom is 0.234 e. The van der Waals surface area contributed by atoms with Gasteiger partial charge in [0, 0.05) is 12.6 Å². The number of rotatable bonds is 5. The third kappa shape index (κ3) is 5.13. The molecule has 1 aliphatic rings. The Morgan fingerprint density at radius 1 is 1.33 bits per heavy atom. The van der Waals surface area contributed by atoms with Crippen molar-refractivity contribution in [3.05, 3.63) is 35.4 Å². The molecule has 116 valence electrons. The molecule has 1 heterocycles. The third-order valence-corrected chi connectivity index (χ3v) is 5.35. The Labute approximate surface area is 126 Å². The molecule has 21 heavy (non-hydrogen) atoms. The number of likely N-dealkylation sites (N-methyl/N-ethyl adjacent to an activating group) is 1. The van der Waals surface area contributed by atoms with E-state index < -0.39 is 9.84 Å². The molecule has 0 radical (unpaired) electrons. The second-order valence-electron chi connectivity index (χ2n) is 5.83. The Bertz CT molecular complexity index is 596. The summed E-state index contributed by atoms with van der Waals surface area (Å²) in [7, 11) is -1.07. The van der Waals surface area contributed by atoms with Gasteiger partial charge < -0.3 is 5.32 Å². The fourth-order valence-electron chi connectivity index (χ4n) is 2.49. The number of amides is 1. The summed E-state index contributed by atoms with van der Waals surface area (Å²) in [5, 5.41) is 2.80. The lowest BCUT2D eigenvalue weighted by Gasteiger charge is -2.18. The maximum atomic E-state index is 11.9. The average Bonchev–Trinajstić information content (AvgIpc) is 2.71. The molecule has 1 aromatic carbocycles. The molecule has 1 aliphatic heterocycles. The molecule has 0 spiro atoms. The zero-order valence-electron chi connectivity index (χ0n) is 12.5. The lowest BCUT2D eigenvalue weighted by Crippen LogP contribution is -2.41. The molecule has 1 unspecified atom stereocenters. The van der Waals surface area contributed by atoms with Gasteiger partial charge in [-0.15, -0.1) is 0 Å². The van der Waals surface area contributed by atoms with E-state index in [1.807, 2.05) is 43.1 Å². The highest BCUT2D eigenvalue weighted by molar-refractivity contribution is 7.91. The number of nitrogens with one attached hydrogen (secondary N) is 1. The molecular weight excluding hydrogens is 288 g/mol. The number of carbonyl (C=O) groups excluding carboxylic acids is 1. The Morgan fingerprint density at radius 3 is 2.57 bits per heavy atom. The molecule has 0 aromatic heterocycles. The Morgan fingerprint density at radius 2 is 2.00 bits per heavy atom. The fraction of sp³-hybridized carbons (Fsp3) is 0.533. The van der Waals surface area contributed by atoms with Crippen LogP contribution < -0.4 is 5.32 Å². The molecule has 6 heteroatoms. The van der Waals surface area contributed by atoms with Gasteiger partial charge >= 0.3 is 0 Å². The van der Waals surface area contributed by atoms with E-state index in [0.717, 1.165) is 5.56 Å². The van der Waals surface area contributed by atoms with Crippen molar-refractivity contribution in [2.75, 3.05) is 25.1 Å². The Kier molecular flexibility index (Phi) is 5.00. The van der Waals surface area contributed by atoms with Gasteiger partial charge in [-0.2, -0.15) is 0 Å². The van der Waals surface area contributed by atoms with E-state index in [1.54, 1.807) is 0 Å². The van der Waals surface area contributed by atoms with Gasteiger partial charge in [-0.3, -0.25) is 9.69 Å². The van der Waals surface area contributed by atoms with E-state index in [4.69, 9.17) is 0 Å². The lowest BCUT2D eigenvalue weighted by atomic mass is 10.1. The second kappa shape index (κ2) is 6.58. The van der Waals surface area contributed by atoms with E-state index in [2.05, 4.69) is 5.32 Å². The molecule has 1 atom stereocenters. The van der Waals surface area contributed by atoms with E-state index in [0.29, 0.717) is 13.0 Å². The first-order valence-electron chi connectivity index (χ1n) is 7.08. The van der Waals surface area contributed by atoms with Crippen LogP contribution in [-0.2, 0) is 21.2 Å². The molecule has 2 rings (SSSR count). The van der Waals surface area contributed by atoms with Crippen molar-refractivity contribution < 1.29 is 13.2 Å². The molecule has 0 bridgehead atoms. The van der Waals surface area contributed by atoms with E-state index in [1.165, 1.54) is 5.56 Å². The summed E-state index contributed by atoms with van der Waals surface area (Å²) >= 11 is 0. The van der Waals surface area contributed by atoms with Crippen LogP contribution in [0.4, 0.5) is 0 Å². The molecule has 1 N–H and O–H groups in total. The number of aryl methyl sites for hydroxylation is 1. The summed E-state index contributed by atoms with van der Waals surface area (Å²) < 4.78 is 22.7. The molecule has 1 saturated heterocycles. The first-order valence-corrected chi connectivity index (χ1v) is 8.90. The van der Waals surface area contributed by atoms with E-state index in [9.17, 15) is 13.2 Å². The zero-order valence-corrected chi connectivity index (χ0v) is 13.3. The summed E-state index contributed by atoms with van der Waals surface area (Å²) in [6.07, 6.45) is 0.524. The van der Waals surface area contributed by atoms with Gasteiger partial charge in [-0.25, -0.2) is 8.42 Å². The molecule has 1 amide bonds. The molecule has 1 aromatic rings. The normalized spacial score (nSPS) is 20.6. The van der Waals surface area contributed by atoms with Crippen LogP contribution in [0.25, 0.3) is 0 Å². The minimum atomic E-state index is -2.95. The fourth-order valence-corrected chi connectivity index (χ4v) is 4.16. The van der Waals surface area contributed by atoms with Gasteiger partial charge in [0.15, 0.2) is 9.84 Å². The highest BCUT2D eigenvalue weighted by atomic mass is 32.2. The molecule has 1 fully saturated rings. The standard InChI is InChI=1S/C15H22N2O3S/c1-12-3-5-13(6-4-12)9-17(2)10-15(18)16-14-7-8-21(19,20)11-14/h3-6,14H,7-11H2,1-2H3,(H,16,18). The number of hydrogen-bond acceptors (Lipinski definition) is 4. The highest BCUT2D eigenvalue weighted by Crippen LogP contribution is 2.11. The van der Waals surface area contributed by atoms with E-state index in [-0.39, 0.29) is 30.0 Å². The second-order valence-corrected chi connectivity index (χ2v) is 8.05. The first-order chi connectivity index (χ1) is 9.84. The lowest BCUT2D eigenvalue weighted by molar-refractivity contribution is -0.122. The largest absolute Gasteiger partial charge is 0.351 e. The number of sulfone groups is 1. The number of nitrogens with zero attached hydrogens (tertiary/aromatic N) is 1. The van der Waals surface area contributed by atoms with Crippen molar-refractivity contribution in [3.63, 3.8) is 0 Å². The molecule has 5 nitrogen and oxygen atoms in total. The predicted octanol–water partition coefficient (Wildman–Crippen LogP) is 0.730. The zero-order chi connectivity index (χ0) is 15.5. The minimum absolute atomic E-state index is 0.0699. The van der Waals surface area contributed by atoms with Crippen LogP contribution in [0.15, 0.2) is 24.3 Å². The monoisotopic (exact) mass is 310 g/mol. The quantitative estimate of drug-likeness (QED) is 0.871. The van der Waals surface area contributed by atoms with Crippen LogP contribution in [-0.4, -0.2) is 50.4 Å². The molecule has 0 aliphatic carbocycles. The van der Waals surface area contributed by atoms with Gasteiger partial charge in [0.1, 0.15) is 0 Å². The highest BCUT2D eigenvalue weighted by Gasteiger charge is 2.28. The van der Waals surface area contributed by atoms with Crippen molar-refractivity contribution in [2.45, 2.75) is 25.9 Å². The van der Waals surface area contributed by atoms with Crippen molar-refractivity contribution in [1.29, 1.82) is 0 Å². The van der Waals surface area contributed by atoms with Crippen LogP contribution in [0.5, 0.6) is 0 Å². The summed E-state index contributed by atoms with van der Waals surface area (Å²) in [4.78, 5) is 13.8. The minimum Gasteiger partial charge on any atom is -0.351 e. The van der Waals surface area contributed by atoms with Crippen molar-refractivity contribution in [1.82, 2.24) is 10.2 Å². The average molecular weight is 310 g/mol. The topological polar surface area (TPSA) is 66.5 Å². The predicted molar refractivity (Wildman–Crippen MR) is 82.7 cm³/mol. The van der Waals surface area contributed by atoms with Crippen LogP contribution in [0, 0.1) is 6.92 Å². The summed E-state index contributed by atoms with van der Waals surface area (Å²) in [6.45, 7) is 3.00. The SMILES string of the molecule is Cc1ccc(CN(C)CC(=O)NC2CCS(=O)(=O)C2)cc1. The van der Waals surface area contributed by atoms with Gasteiger partial charge in [-0.05, 0) is 26.0 Å². The number of hydrogen-bond donors (Lipinski definition) is 1. The summed E-state index contributed by atoms with van der Waals surface area (Å²) in [6, 6.07) is 7.97. The van der Waals surface area contributed by atoms with Crippen molar-refractivity contribution >= 4 is 15.7 Å². The Hall–Kier alpha value is -1.40. The van der Waals surface area contributed by atoms with Crippen LogP contribution in [0.1, 0.15) is 17.5 Å². The van der Waals surface area contributed by atoms with Crippen LogP contribution >= 0.6 is 0 Å². The maximum absolute atomic E-state index is 11.9. The first kappa shape index (κ1) is 16.0. The third-order valence-electron chi connectivity index (χ3n) is 3.58. The van der Waals surface area contributed by atoms with Crippen LogP contribution in [0.3, 0.4) is 0 Å². The van der Waals surface area contributed by atoms with Gasteiger partial charge in [-0.1, -0.05) is 29.8 Å². The van der Waals surface area contributed by atoms with Crippen molar-refractivity contribution in [2.24, 2.45) is 0 Å². The Balaban J connectivity index is 1.78. The number of benzene rings is 1. The summed E-state index contributed by atoms with van der Waals surface area (Å²) in [5.74, 6) is 0.129. The van der Waals surface area contributed by atoms with E-state index >= 15 is 0 Å². The van der Waals surface area contributed by atoms with Gasteiger partial charge in [0.2, 0.25) is 5.91 Å². The van der Waals surface area contributed by atoms with Crippen molar-refractivity contribution in [3.8, 4) is 0 Å². The smallest absolute Gasteiger partial charge is 0.234 e. The van der Waals surface area contributed by atoms with Gasteiger partial charge in [0.25, 0.3) is 0 Å². The molecular formula is C15H22N2O3S. The van der Waals surface area contributed by atoms with Crippen LogP contribution in [0.2, 0.25) is 0 Å².